The number of hydroxylamine groups is 2. The number of thiophene rings is 1. The normalized spacial score (nSPS) is 16.8. The molecule has 1 saturated heterocycles. The van der Waals surface area contributed by atoms with Gasteiger partial charge in [0.05, 0.1) is 12.1 Å². The lowest BCUT2D eigenvalue weighted by molar-refractivity contribution is -0.243. The maximum absolute atomic E-state index is 12.4. The van der Waals surface area contributed by atoms with E-state index in [2.05, 4.69) is 22.4 Å². The van der Waals surface area contributed by atoms with Crippen molar-refractivity contribution in [2.75, 3.05) is 33.4 Å². The predicted octanol–water partition coefficient (Wildman–Crippen LogP) is 3.75. The molecule has 0 unspecified atom stereocenters. The summed E-state index contributed by atoms with van der Waals surface area (Å²) in [7, 11) is 1.69. The van der Waals surface area contributed by atoms with E-state index in [0.29, 0.717) is 13.2 Å². The van der Waals surface area contributed by atoms with Crippen LogP contribution in [-0.2, 0) is 27.4 Å². The summed E-state index contributed by atoms with van der Waals surface area (Å²) in [5.41, 5.74) is 0.643. The van der Waals surface area contributed by atoms with Gasteiger partial charge < -0.3 is 9.64 Å². The van der Waals surface area contributed by atoms with Gasteiger partial charge in [-0.3, -0.25) is 9.63 Å². The van der Waals surface area contributed by atoms with Gasteiger partial charge in [-0.05, 0) is 36.3 Å². The van der Waals surface area contributed by atoms with Crippen LogP contribution in [0, 0.1) is 0 Å². The maximum Gasteiger partial charge on any atom is 0.243 e. The zero-order chi connectivity index (χ0) is 19.8. The molecule has 2 aromatic rings. The zero-order valence-corrected chi connectivity index (χ0v) is 17.6. The number of rotatable bonds is 9. The minimum Gasteiger partial charge on any atom is -0.382 e. The summed E-state index contributed by atoms with van der Waals surface area (Å²) in [6.07, 6.45) is 2.77. The molecule has 0 radical (unpaired) electrons. The fourth-order valence-electron chi connectivity index (χ4n) is 3.87. The highest BCUT2D eigenvalue weighted by atomic mass is 32.1. The van der Waals surface area contributed by atoms with Crippen molar-refractivity contribution in [2.24, 2.45) is 0 Å². The van der Waals surface area contributed by atoms with Crippen LogP contribution in [-0.4, -0.2) is 54.8 Å². The van der Waals surface area contributed by atoms with Crippen LogP contribution in [0.1, 0.15) is 30.2 Å². The highest BCUT2D eigenvalue weighted by Gasteiger charge is 2.42. The van der Waals surface area contributed by atoms with E-state index in [1.807, 2.05) is 41.7 Å². The second-order valence-corrected chi connectivity index (χ2v) is 8.43. The Morgan fingerprint density at radius 3 is 2.54 bits per heavy atom. The van der Waals surface area contributed by atoms with Crippen molar-refractivity contribution in [3.05, 3.63) is 58.3 Å². The molecular weight excluding hydrogens is 372 g/mol. The molecule has 5 nitrogen and oxygen atoms in total. The summed E-state index contributed by atoms with van der Waals surface area (Å²) in [5, 5.41) is 3.71. The molecular formula is C22H30N2O3S. The predicted molar refractivity (Wildman–Crippen MR) is 112 cm³/mol. The van der Waals surface area contributed by atoms with Crippen LogP contribution < -0.4 is 0 Å². The van der Waals surface area contributed by atoms with Crippen molar-refractivity contribution in [3.63, 3.8) is 0 Å². The molecule has 0 saturated carbocycles. The van der Waals surface area contributed by atoms with Gasteiger partial charge in [-0.15, -0.1) is 11.3 Å². The zero-order valence-electron chi connectivity index (χ0n) is 16.8. The van der Waals surface area contributed by atoms with Crippen molar-refractivity contribution in [1.82, 2.24) is 9.96 Å². The molecule has 1 fully saturated rings. The number of nitrogens with zero attached hydrogens (tertiary/aromatic N) is 2. The van der Waals surface area contributed by atoms with Crippen LogP contribution in [0.4, 0.5) is 0 Å². The average molecular weight is 403 g/mol. The summed E-state index contributed by atoms with van der Waals surface area (Å²) in [5.74, 6) is -0.0694. The minimum atomic E-state index is -0.408. The van der Waals surface area contributed by atoms with Crippen molar-refractivity contribution in [3.8, 4) is 0 Å². The van der Waals surface area contributed by atoms with E-state index in [-0.39, 0.29) is 5.91 Å². The number of ether oxygens (including phenoxy) is 1. The van der Waals surface area contributed by atoms with Gasteiger partial charge in [0.2, 0.25) is 5.91 Å². The Hall–Kier alpha value is -1.73. The molecule has 0 bridgehead atoms. The third kappa shape index (κ3) is 5.41. The Balaban J connectivity index is 1.61. The number of hydrogen-bond donors (Lipinski definition) is 0. The summed E-state index contributed by atoms with van der Waals surface area (Å²) < 4.78 is 5.53. The lowest BCUT2D eigenvalue weighted by Crippen LogP contribution is -2.59. The van der Waals surface area contributed by atoms with E-state index in [1.165, 1.54) is 4.88 Å². The third-order valence-electron chi connectivity index (χ3n) is 5.37. The quantitative estimate of drug-likeness (QED) is 0.599. The monoisotopic (exact) mass is 402 g/mol. The van der Waals surface area contributed by atoms with Gasteiger partial charge in [-0.2, -0.15) is 0 Å². The molecule has 1 aromatic heterocycles. The first-order chi connectivity index (χ1) is 13.6. The van der Waals surface area contributed by atoms with E-state index in [1.54, 1.807) is 19.1 Å². The SMILES string of the molecule is COCC1(N(OCc2ccccc2)C(C)=O)CCN(CCc2cccs2)CC1. The number of likely N-dealkylation sites (tertiary alicyclic amines) is 1. The molecule has 0 atom stereocenters. The number of amides is 1. The van der Waals surface area contributed by atoms with Crippen molar-refractivity contribution in [1.29, 1.82) is 0 Å². The number of methoxy groups -OCH3 is 1. The lowest BCUT2D eigenvalue weighted by atomic mass is 9.87. The van der Waals surface area contributed by atoms with Gasteiger partial charge >= 0.3 is 0 Å². The first-order valence-electron chi connectivity index (χ1n) is 9.84. The first-order valence-corrected chi connectivity index (χ1v) is 10.7. The van der Waals surface area contributed by atoms with Gasteiger partial charge in [0.25, 0.3) is 0 Å². The van der Waals surface area contributed by atoms with Crippen molar-refractivity contribution < 1.29 is 14.4 Å². The summed E-state index contributed by atoms with van der Waals surface area (Å²) in [4.78, 5) is 22.4. The number of hydrogen-bond acceptors (Lipinski definition) is 5. The molecule has 6 heteroatoms. The van der Waals surface area contributed by atoms with Crippen LogP contribution in [0.25, 0.3) is 0 Å². The number of benzene rings is 1. The molecule has 3 rings (SSSR count). The van der Waals surface area contributed by atoms with Crippen LogP contribution in [0.2, 0.25) is 0 Å². The molecule has 0 spiro atoms. The van der Waals surface area contributed by atoms with Gasteiger partial charge in [-0.25, -0.2) is 5.06 Å². The van der Waals surface area contributed by atoms with E-state index in [4.69, 9.17) is 9.57 Å². The minimum absolute atomic E-state index is 0.0694. The van der Waals surface area contributed by atoms with Gasteiger partial charge in [0, 0.05) is 38.5 Å². The number of carbonyl (C=O) groups is 1. The topological polar surface area (TPSA) is 42.0 Å². The van der Waals surface area contributed by atoms with E-state index >= 15 is 0 Å². The van der Waals surface area contributed by atoms with E-state index in [0.717, 1.165) is 44.5 Å². The van der Waals surface area contributed by atoms with E-state index in [9.17, 15) is 4.79 Å². The third-order valence-corrected chi connectivity index (χ3v) is 6.31. The van der Waals surface area contributed by atoms with Gasteiger partial charge in [0.15, 0.2) is 0 Å². The summed E-state index contributed by atoms with van der Waals surface area (Å²) in [6.45, 7) is 5.37. The summed E-state index contributed by atoms with van der Waals surface area (Å²) >= 11 is 1.81. The van der Waals surface area contributed by atoms with Crippen LogP contribution >= 0.6 is 11.3 Å². The first kappa shape index (κ1) is 21.0. The Kier molecular flexibility index (Phi) is 7.62. The largest absolute Gasteiger partial charge is 0.382 e. The molecule has 1 aliphatic heterocycles. The highest BCUT2D eigenvalue weighted by Crippen LogP contribution is 2.31. The van der Waals surface area contributed by atoms with Gasteiger partial charge in [0.1, 0.15) is 6.61 Å². The van der Waals surface area contributed by atoms with Gasteiger partial charge in [-0.1, -0.05) is 36.4 Å². The Morgan fingerprint density at radius 1 is 1.18 bits per heavy atom. The Bertz CT molecular complexity index is 713. The van der Waals surface area contributed by atoms with Crippen LogP contribution in [0.3, 0.4) is 0 Å². The fourth-order valence-corrected chi connectivity index (χ4v) is 4.56. The molecule has 1 aliphatic rings. The molecule has 1 aromatic carbocycles. The lowest BCUT2D eigenvalue weighted by Gasteiger charge is -2.47. The molecule has 28 heavy (non-hydrogen) atoms. The number of piperidine rings is 1. The number of carbonyl (C=O) groups excluding carboxylic acids is 1. The fraction of sp³-hybridized carbons (Fsp3) is 0.500. The summed E-state index contributed by atoms with van der Waals surface area (Å²) in [6, 6.07) is 14.3. The molecule has 0 aliphatic carbocycles. The smallest absolute Gasteiger partial charge is 0.243 e. The van der Waals surface area contributed by atoms with E-state index < -0.39 is 5.54 Å². The van der Waals surface area contributed by atoms with Crippen LogP contribution in [0.5, 0.6) is 0 Å². The standard InChI is InChI=1S/C22H30N2O3S/c1-19(25)24(27-17-20-7-4-3-5-8-20)22(18-26-2)11-14-23(15-12-22)13-10-21-9-6-16-28-21/h3-9,16H,10-15,17-18H2,1-2H3. The second-order valence-electron chi connectivity index (χ2n) is 7.40. The Labute approximate surface area is 171 Å². The second kappa shape index (κ2) is 10.2. The molecule has 0 N–H and O–H groups in total. The molecule has 2 heterocycles. The van der Waals surface area contributed by atoms with Crippen molar-refractivity contribution in [2.45, 2.75) is 38.3 Å². The molecule has 152 valence electrons. The van der Waals surface area contributed by atoms with Crippen LogP contribution in [0.15, 0.2) is 47.8 Å². The molecule has 1 amide bonds. The van der Waals surface area contributed by atoms with Crippen molar-refractivity contribution >= 4 is 17.2 Å². The Morgan fingerprint density at radius 2 is 1.93 bits per heavy atom. The highest BCUT2D eigenvalue weighted by molar-refractivity contribution is 7.09. The average Bonchev–Trinajstić information content (AvgIpc) is 3.22. The maximum atomic E-state index is 12.4.